The van der Waals surface area contributed by atoms with E-state index >= 15 is 0 Å². The van der Waals surface area contributed by atoms with Crippen molar-refractivity contribution < 1.29 is 23.8 Å². The van der Waals surface area contributed by atoms with Gasteiger partial charge >= 0.3 is 5.97 Å². The SMILES string of the molecule is C[C@@]1(Cc2ccccc2F)Cc2cc(C(=O)N(CCc3ccccc3)CC(=O)O)ccc2O1. The van der Waals surface area contributed by atoms with Gasteiger partial charge < -0.3 is 14.7 Å². The molecule has 1 atom stereocenters. The fourth-order valence-electron chi connectivity index (χ4n) is 4.30. The van der Waals surface area contributed by atoms with Crippen molar-refractivity contribution in [2.75, 3.05) is 13.1 Å². The van der Waals surface area contributed by atoms with Crippen molar-refractivity contribution in [3.63, 3.8) is 0 Å². The van der Waals surface area contributed by atoms with Crippen LogP contribution in [0.15, 0.2) is 72.8 Å². The van der Waals surface area contributed by atoms with Gasteiger partial charge in [0.15, 0.2) is 0 Å². The molecule has 4 rings (SSSR count). The number of rotatable bonds is 8. The van der Waals surface area contributed by atoms with Gasteiger partial charge in [-0.25, -0.2) is 4.39 Å². The highest BCUT2D eigenvalue weighted by Gasteiger charge is 2.36. The summed E-state index contributed by atoms with van der Waals surface area (Å²) < 4.78 is 20.3. The van der Waals surface area contributed by atoms with Crippen LogP contribution in [0.25, 0.3) is 0 Å². The zero-order valence-electron chi connectivity index (χ0n) is 18.5. The summed E-state index contributed by atoms with van der Waals surface area (Å²) in [5.74, 6) is -0.992. The molecule has 1 amide bonds. The molecule has 33 heavy (non-hydrogen) atoms. The third kappa shape index (κ3) is 5.40. The molecule has 1 N–H and O–H groups in total. The molecule has 170 valence electrons. The van der Waals surface area contributed by atoms with Crippen molar-refractivity contribution in [2.24, 2.45) is 0 Å². The quantitative estimate of drug-likeness (QED) is 0.551. The normalized spacial score (nSPS) is 16.7. The lowest BCUT2D eigenvalue weighted by Crippen LogP contribution is -2.37. The number of nitrogens with zero attached hydrogens (tertiary/aromatic N) is 1. The van der Waals surface area contributed by atoms with E-state index in [-0.39, 0.29) is 18.3 Å². The summed E-state index contributed by atoms with van der Waals surface area (Å²) in [6, 6.07) is 21.4. The Kier molecular flexibility index (Phi) is 6.45. The average molecular weight is 448 g/mol. The van der Waals surface area contributed by atoms with Gasteiger partial charge in [0.1, 0.15) is 23.7 Å². The third-order valence-corrected chi connectivity index (χ3v) is 5.88. The van der Waals surface area contributed by atoms with Gasteiger partial charge in [0.05, 0.1) is 0 Å². The molecular formula is C27H26FNO4. The standard InChI is InChI=1S/C27H26FNO4/c1-27(16-21-9-5-6-10-23(21)28)17-22-15-20(11-12-24(22)33-27)26(32)29(18-25(30)31)14-13-19-7-3-2-4-8-19/h2-12,15H,13-14,16-18H2,1H3,(H,30,31)/t27-/m1/s1. The number of aliphatic carboxylic acids is 1. The summed E-state index contributed by atoms with van der Waals surface area (Å²) in [5, 5.41) is 9.32. The van der Waals surface area contributed by atoms with E-state index in [1.54, 1.807) is 36.4 Å². The maximum absolute atomic E-state index is 14.1. The van der Waals surface area contributed by atoms with Gasteiger partial charge in [-0.2, -0.15) is 0 Å². The van der Waals surface area contributed by atoms with Gasteiger partial charge in [-0.05, 0) is 54.3 Å². The summed E-state index contributed by atoms with van der Waals surface area (Å²) in [6.07, 6.45) is 1.50. The number of benzene rings is 3. The predicted octanol–water partition coefficient (Wildman–Crippen LogP) is 4.53. The summed E-state index contributed by atoms with van der Waals surface area (Å²) in [5.41, 5.74) is 2.27. The van der Waals surface area contributed by atoms with Crippen LogP contribution in [0.1, 0.15) is 34.0 Å². The topological polar surface area (TPSA) is 66.8 Å². The van der Waals surface area contributed by atoms with Gasteiger partial charge in [-0.1, -0.05) is 48.5 Å². The highest BCUT2D eigenvalue weighted by atomic mass is 19.1. The third-order valence-electron chi connectivity index (χ3n) is 5.88. The lowest BCUT2D eigenvalue weighted by atomic mass is 9.91. The molecule has 1 aliphatic rings. The van der Waals surface area contributed by atoms with E-state index in [0.717, 1.165) is 11.1 Å². The van der Waals surface area contributed by atoms with Crippen LogP contribution in [0.4, 0.5) is 4.39 Å². The lowest BCUT2D eigenvalue weighted by molar-refractivity contribution is -0.137. The van der Waals surface area contributed by atoms with Crippen LogP contribution in [0.2, 0.25) is 0 Å². The molecule has 0 radical (unpaired) electrons. The van der Waals surface area contributed by atoms with Crippen molar-refractivity contribution in [1.82, 2.24) is 4.90 Å². The van der Waals surface area contributed by atoms with E-state index in [0.29, 0.717) is 42.7 Å². The molecule has 0 saturated carbocycles. The number of carboxylic acid groups (broad SMARTS) is 1. The van der Waals surface area contributed by atoms with Crippen molar-refractivity contribution in [3.8, 4) is 5.75 Å². The Morgan fingerprint density at radius 3 is 2.52 bits per heavy atom. The summed E-state index contributed by atoms with van der Waals surface area (Å²) in [6.45, 7) is 1.86. The Bertz CT molecular complexity index is 1160. The smallest absolute Gasteiger partial charge is 0.323 e. The first-order valence-electron chi connectivity index (χ1n) is 10.9. The minimum Gasteiger partial charge on any atom is -0.487 e. The largest absolute Gasteiger partial charge is 0.487 e. The van der Waals surface area contributed by atoms with E-state index < -0.39 is 11.6 Å². The maximum Gasteiger partial charge on any atom is 0.323 e. The monoisotopic (exact) mass is 447 g/mol. The maximum atomic E-state index is 14.1. The zero-order chi connectivity index (χ0) is 23.4. The minimum atomic E-state index is -1.06. The molecule has 1 aliphatic heterocycles. The number of carbonyl (C=O) groups excluding carboxylic acids is 1. The second-order valence-corrected chi connectivity index (χ2v) is 8.68. The van der Waals surface area contributed by atoms with E-state index in [4.69, 9.17) is 4.74 Å². The lowest BCUT2D eigenvalue weighted by Gasteiger charge is -2.24. The van der Waals surface area contributed by atoms with E-state index in [1.165, 1.54) is 11.0 Å². The fourth-order valence-corrected chi connectivity index (χ4v) is 4.30. The molecule has 0 fully saturated rings. The van der Waals surface area contributed by atoms with Crippen molar-refractivity contribution >= 4 is 11.9 Å². The first kappa shape index (κ1) is 22.5. The molecule has 0 unspecified atom stereocenters. The highest BCUT2D eigenvalue weighted by Crippen LogP contribution is 2.38. The molecule has 3 aromatic carbocycles. The van der Waals surface area contributed by atoms with E-state index in [9.17, 15) is 19.1 Å². The second kappa shape index (κ2) is 9.45. The molecule has 0 aromatic heterocycles. The first-order chi connectivity index (χ1) is 15.8. The Morgan fingerprint density at radius 1 is 1.06 bits per heavy atom. The number of hydrogen-bond donors (Lipinski definition) is 1. The van der Waals surface area contributed by atoms with Crippen LogP contribution < -0.4 is 4.74 Å². The van der Waals surface area contributed by atoms with Crippen LogP contribution in [-0.4, -0.2) is 40.6 Å². The van der Waals surface area contributed by atoms with Crippen LogP contribution >= 0.6 is 0 Å². The number of amides is 1. The molecule has 0 spiro atoms. The fraction of sp³-hybridized carbons (Fsp3) is 0.259. The molecule has 1 heterocycles. The van der Waals surface area contributed by atoms with Crippen molar-refractivity contribution in [1.29, 1.82) is 0 Å². The van der Waals surface area contributed by atoms with E-state index in [2.05, 4.69) is 0 Å². The number of carboxylic acids is 1. The first-order valence-corrected chi connectivity index (χ1v) is 10.9. The van der Waals surface area contributed by atoms with Crippen LogP contribution in [0.3, 0.4) is 0 Å². The zero-order valence-corrected chi connectivity index (χ0v) is 18.5. The molecule has 3 aromatic rings. The predicted molar refractivity (Wildman–Crippen MR) is 123 cm³/mol. The Hall–Kier alpha value is -3.67. The van der Waals surface area contributed by atoms with Crippen molar-refractivity contribution in [2.45, 2.75) is 31.8 Å². The van der Waals surface area contributed by atoms with E-state index in [1.807, 2.05) is 37.3 Å². The Labute approximate surface area is 192 Å². The molecule has 0 bridgehead atoms. The van der Waals surface area contributed by atoms with Gasteiger partial charge in [0.2, 0.25) is 0 Å². The van der Waals surface area contributed by atoms with Gasteiger partial charge in [-0.15, -0.1) is 0 Å². The molecule has 0 aliphatic carbocycles. The summed E-state index contributed by atoms with van der Waals surface area (Å²) >= 11 is 0. The summed E-state index contributed by atoms with van der Waals surface area (Å²) in [4.78, 5) is 25.9. The number of fused-ring (bicyclic) bond motifs is 1. The number of halogens is 1. The Morgan fingerprint density at radius 2 is 1.79 bits per heavy atom. The molecular weight excluding hydrogens is 421 g/mol. The number of hydrogen-bond acceptors (Lipinski definition) is 3. The van der Waals surface area contributed by atoms with Crippen LogP contribution in [0, 0.1) is 5.82 Å². The van der Waals surface area contributed by atoms with Crippen LogP contribution in [0.5, 0.6) is 5.75 Å². The highest BCUT2D eigenvalue weighted by molar-refractivity contribution is 5.96. The second-order valence-electron chi connectivity index (χ2n) is 8.68. The molecule has 6 heteroatoms. The average Bonchev–Trinajstić information content (AvgIpc) is 3.13. The molecule has 0 saturated heterocycles. The number of carbonyl (C=O) groups is 2. The van der Waals surface area contributed by atoms with Gasteiger partial charge in [-0.3, -0.25) is 9.59 Å². The van der Waals surface area contributed by atoms with Crippen molar-refractivity contribution in [3.05, 3.63) is 101 Å². The Balaban J connectivity index is 1.49. The van der Waals surface area contributed by atoms with Crippen LogP contribution in [-0.2, 0) is 24.1 Å². The number of ether oxygens (including phenoxy) is 1. The van der Waals surface area contributed by atoms with Gasteiger partial charge in [0, 0.05) is 24.9 Å². The molecule has 5 nitrogen and oxygen atoms in total. The minimum absolute atomic E-state index is 0.267. The van der Waals surface area contributed by atoms with Gasteiger partial charge in [0.25, 0.3) is 5.91 Å². The summed E-state index contributed by atoms with van der Waals surface area (Å²) in [7, 11) is 0.